The van der Waals surface area contributed by atoms with Crippen molar-refractivity contribution in [3.05, 3.63) is 81.8 Å². The number of primary amides is 1. The molecule has 4 aromatic rings. The Morgan fingerprint density at radius 1 is 0.968 bits per heavy atom. The average molecular weight is 454 g/mol. The second kappa shape index (κ2) is 8.29. The third-order valence-electron chi connectivity index (χ3n) is 4.77. The third-order valence-corrected chi connectivity index (χ3v) is 5.40. The number of halogens is 2. The average Bonchev–Trinajstić information content (AvgIpc) is 3.06. The van der Waals surface area contributed by atoms with E-state index in [1.54, 1.807) is 66.2 Å². The fourth-order valence-electron chi connectivity index (χ4n) is 3.28. The van der Waals surface area contributed by atoms with Crippen LogP contribution in [0.5, 0.6) is 0 Å². The van der Waals surface area contributed by atoms with Gasteiger partial charge in [-0.3, -0.25) is 9.59 Å². The predicted molar refractivity (Wildman–Crippen MR) is 123 cm³/mol. The molecule has 7 nitrogen and oxygen atoms in total. The Bertz CT molecular complexity index is 1300. The second-order valence-corrected chi connectivity index (χ2v) is 7.57. The molecule has 0 unspecified atom stereocenters. The zero-order valence-electron chi connectivity index (χ0n) is 16.3. The van der Waals surface area contributed by atoms with E-state index in [1.807, 2.05) is 6.07 Å². The number of rotatable bonds is 5. The van der Waals surface area contributed by atoms with Crippen LogP contribution in [0.1, 0.15) is 20.7 Å². The molecule has 1 aromatic heterocycles. The Morgan fingerprint density at radius 2 is 1.65 bits per heavy atom. The van der Waals surface area contributed by atoms with Crippen LogP contribution < -0.4 is 16.4 Å². The van der Waals surface area contributed by atoms with Crippen LogP contribution in [0.15, 0.2) is 60.7 Å². The summed E-state index contributed by atoms with van der Waals surface area (Å²) in [4.78, 5) is 29.5. The summed E-state index contributed by atoms with van der Waals surface area (Å²) in [6, 6.07) is 17.1. The molecule has 2 amide bonds. The summed E-state index contributed by atoms with van der Waals surface area (Å²) in [6.07, 6.45) is 0. The Labute approximate surface area is 187 Å². The zero-order chi connectivity index (χ0) is 22.1. The number of aromatic nitrogens is 2. The molecule has 156 valence electrons. The number of imidazole rings is 1. The van der Waals surface area contributed by atoms with E-state index in [1.165, 1.54) is 0 Å². The van der Waals surface area contributed by atoms with Gasteiger partial charge in [0.25, 0.3) is 11.8 Å². The van der Waals surface area contributed by atoms with Gasteiger partial charge in [0.05, 0.1) is 38.0 Å². The molecule has 0 atom stereocenters. The topological polar surface area (TPSA) is 102 Å². The summed E-state index contributed by atoms with van der Waals surface area (Å²) in [7, 11) is 1.72. The minimum absolute atomic E-state index is 0.148. The summed E-state index contributed by atoms with van der Waals surface area (Å²) in [5.74, 6) is -0.649. The number of anilines is 3. The zero-order valence-corrected chi connectivity index (χ0v) is 17.8. The first-order valence-corrected chi connectivity index (χ1v) is 9.99. The quantitative estimate of drug-likeness (QED) is 0.396. The van der Waals surface area contributed by atoms with Gasteiger partial charge in [-0.1, -0.05) is 47.5 Å². The number of hydrogen-bond acceptors (Lipinski definition) is 4. The van der Waals surface area contributed by atoms with Gasteiger partial charge >= 0.3 is 0 Å². The number of amides is 2. The molecule has 3 aromatic carbocycles. The van der Waals surface area contributed by atoms with E-state index in [4.69, 9.17) is 28.9 Å². The molecular weight excluding hydrogens is 437 g/mol. The van der Waals surface area contributed by atoms with Crippen molar-refractivity contribution in [3.63, 3.8) is 0 Å². The molecule has 0 fully saturated rings. The van der Waals surface area contributed by atoms with Crippen LogP contribution in [0, 0.1) is 0 Å². The fourth-order valence-corrected chi connectivity index (χ4v) is 3.78. The molecule has 0 spiro atoms. The number of nitrogens with zero attached hydrogens (tertiary/aromatic N) is 2. The van der Waals surface area contributed by atoms with Gasteiger partial charge < -0.3 is 20.9 Å². The highest BCUT2D eigenvalue weighted by Crippen LogP contribution is 2.34. The van der Waals surface area contributed by atoms with Crippen LogP contribution in [0.4, 0.5) is 17.3 Å². The van der Waals surface area contributed by atoms with Crippen molar-refractivity contribution in [3.8, 4) is 0 Å². The first-order valence-electron chi connectivity index (χ1n) is 9.23. The maximum Gasteiger partial charge on any atom is 0.255 e. The fraction of sp³-hybridized carbons (Fsp3) is 0.0455. The molecule has 0 saturated carbocycles. The Balaban J connectivity index is 1.79. The van der Waals surface area contributed by atoms with Gasteiger partial charge in [-0.25, -0.2) is 4.98 Å². The number of para-hydroxylation sites is 1. The Morgan fingerprint density at radius 3 is 2.29 bits per heavy atom. The predicted octanol–water partition coefficient (Wildman–Crippen LogP) is 4.97. The molecule has 0 bridgehead atoms. The van der Waals surface area contributed by atoms with Gasteiger partial charge in [0.2, 0.25) is 5.95 Å². The smallest absolute Gasteiger partial charge is 0.255 e. The molecule has 1 heterocycles. The van der Waals surface area contributed by atoms with E-state index in [0.717, 1.165) is 0 Å². The van der Waals surface area contributed by atoms with Gasteiger partial charge in [0, 0.05) is 12.6 Å². The van der Waals surface area contributed by atoms with Crippen LogP contribution in [-0.2, 0) is 7.05 Å². The number of hydrogen-bond donors (Lipinski definition) is 3. The number of aryl methyl sites for hydroxylation is 1. The SMILES string of the molecule is Cn1c(Nc2c(Cl)cccc2Cl)nc2ccc(NC(=O)c3ccccc3)c(C(N)=O)c21. The monoisotopic (exact) mass is 453 g/mol. The Hall–Kier alpha value is -3.55. The van der Waals surface area contributed by atoms with Gasteiger partial charge in [0.15, 0.2) is 0 Å². The van der Waals surface area contributed by atoms with Crippen LogP contribution in [0.2, 0.25) is 10.0 Å². The van der Waals surface area contributed by atoms with Gasteiger partial charge in [-0.2, -0.15) is 0 Å². The lowest BCUT2D eigenvalue weighted by Crippen LogP contribution is -2.19. The summed E-state index contributed by atoms with van der Waals surface area (Å²) in [5, 5.41) is 6.70. The largest absolute Gasteiger partial charge is 0.365 e. The van der Waals surface area contributed by atoms with Gasteiger partial charge in [-0.05, 0) is 36.4 Å². The van der Waals surface area contributed by atoms with E-state index in [9.17, 15) is 9.59 Å². The first-order chi connectivity index (χ1) is 14.9. The van der Waals surface area contributed by atoms with E-state index in [-0.39, 0.29) is 11.5 Å². The van der Waals surface area contributed by atoms with E-state index < -0.39 is 5.91 Å². The Kier molecular flexibility index (Phi) is 5.54. The third kappa shape index (κ3) is 3.93. The molecule has 0 aliphatic rings. The lowest BCUT2D eigenvalue weighted by Gasteiger charge is -2.12. The molecule has 0 radical (unpaired) electrons. The number of carbonyl (C=O) groups is 2. The minimum atomic E-state index is -0.695. The number of benzene rings is 3. The van der Waals surface area contributed by atoms with Crippen LogP contribution in [0.25, 0.3) is 11.0 Å². The van der Waals surface area contributed by atoms with E-state index >= 15 is 0 Å². The van der Waals surface area contributed by atoms with E-state index in [2.05, 4.69) is 15.6 Å². The number of carbonyl (C=O) groups excluding carboxylic acids is 2. The highest BCUT2D eigenvalue weighted by atomic mass is 35.5. The summed E-state index contributed by atoms with van der Waals surface area (Å²) < 4.78 is 1.66. The number of nitrogens with two attached hydrogens (primary N) is 1. The van der Waals surface area contributed by atoms with Crippen molar-refractivity contribution in [2.24, 2.45) is 12.8 Å². The molecule has 4 N–H and O–H groups in total. The molecule has 4 rings (SSSR count). The van der Waals surface area contributed by atoms with Gasteiger partial charge in [0.1, 0.15) is 0 Å². The van der Waals surface area contributed by atoms with Crippen LogP contribution >= 0.6 is 23.2 Å². The van der Waals surface area contributed by atoms with Crippen molar-refractivity contribution in [2.75, 3.05) is 10.6 Å². The molecule has 0 aliphatic carbocycles. The molecular formula is C22H17Cl2N5O2. The van der Waals surface area contributed by atoms with Gasteiger partial charge in [-0.15, -0.1) is 0 Å². The van der Waals surface area contributed by atoms with Crippen molar-refractivity contribution >= 4 is 63.4 Å². The maximum atomic E-state index is 12.6. The summed E-state index contributed by atoms with van der Waals surface area (Å²) in [5.41, 5.74) is 8.04. The van der Waals surface area contributed by atoms with E-state index in [0.29, 0.717) is 44.0 Å². The second-order valence-electron chi connectivity index (χ2n) is 6.76. The first kappa shape index (κ1) is 20.7. The lowest BCUT2D eigenvalue weighted by molar-refractivity contribution is 0.100. The van der Waals surface area contributed by atoms with Crippen LogP contribution in [-0.4, -0.2) is 21.4 Å². The molecule has 9 heteroatoms. The van der Waals surface area contributed by atoms with Crippen molar-refractivity contribution in [1.82, 2.24) is 9.55 Å². The number of fused-ring (bicyclic) bond motifs is 1. The maximum absolute atomic E-state index is 12.6. The standard InChI is InChI=1S/C22H17Cl2N5O2/c1-29-19-16(27-22(29)28-18-13(23)8-5-9-14(18)24)11-10-15(17(19)20(25)30)26-21(31)12-6-3-2-4-7-12/h2-11H,1H3,(H2,25,30)(H,26,31)(H,27,28). The normalized spacial score (nSPS) is 10.8. The number of nitrogens with one attached hydrogen (secondary N) is 2. The van der Waals surface area contributed by atoms with Crippen LogP contribution in [0.3, 0.4) is 0 Å². The molecule has 0 aliphatic heterocycles. The highest BCUT2D eigenvalue weighted by molar-refractivity contribution is 6.39. The van der Waals surface area contributed by atoms with Crippen molar-refractivity contribution in [1.29, 1.82) is 0 Å². The molecule has 0 saturated heterocycles. The molecule has 31 heavy (non-hydrogen) atoms. The van der Waals surface area contributed by atoms with Crippen molar-refractivity contribution < 1.29 is 9.59 Å². The lowest BCUT2D eigenvalue weighted by atomic mass is 10.1. The summed E-state index contributed by atoms with van der Waals surface area (Å²) in [6.45, 7) is 0. The highest BCUT2D eigenvalue weighted by Gasteiger charge is 2.21. The summed E-state index contributed by atoms with van der Waals surface area (Å²) >= 11 is 12.5. The minimum Gasteiger partial charge on any atom is -0.365 e. The van der Waals surface area contributed by atoms with Crippen molar-refractivity contribution in [2.45, 2.75) is 0 Å².